The minimum absolute atomic E-state index is 0.0455. The fourth-order valence-electron chi connectivity index (χ4n) is 3.45. The molecule has 1 aliphatic rings. The van der Waals surface area contributed by atoms with Gasteiger partial charge in [0, 0.05) is 30.2 Å². The molecule has 1 amide bonds. The Balaban J connectivity index is 1.53. The summed E-state index contributed by atoms with van der Waals surface area (Å²) in [6.45, 7) is 3.54. The first-order valence-electron chi connectivity index (χ1n) is 8.89. The monoisotopic (exact) mass is 350 g/mol. The average Bonchev–Trinajstić information content (AvgIpc) is 3.23. The molecule has 7 heteroatoms. The second-order valence-electron chi connectivity index (χ2n) is 6.92. The quantitative estimate of drug-likeness (QED) is 0.782. The highest BCUT2D eigenvalue weighted by molar-refractivity contribution is 5.93. The van der Waals surface area contributed by atoms with E-state index in [2.05, 4.69) is 32.4 Å². The van der Waals surface area contributed by atoms with Crippen LogP contribution < -0.4 is 5.32 Å². The van der Waals surface area contributed by atoms with Gasteiger partial charge in [0.25, 0.3) is 0 Å². The summed E-state index contributed by atoms with van der Waals surface area (Å²) in [5.74, 6) is 0.438. The molecule has 0 spiro atoms. The zero-order chi connectivity index (χ0) is 18.1. The van der Waals surface area contributed by atoms with Crippen molar-refractivity contribution in [3.63, 3.8) is 0 Å². The predicted molar refractivity (Wildman–Crippen MR) is 101 cm³/mol. The standard InChI is InChI=1S/C19H22N6O/c1-13-4-3-7-25(13)12-19(26)21-18-9-15-8-14(5-6-17(15)22-23-18)16-10-20-24(2)11-16/h5-6,8-11,13H,3-4,7,12H2,1-2H3,(H,21,23,26)/t13-/m0/s1. The fourth-order valence-corrected chi connectivity index (χ4v) is 3.45. The van der Waals surface area contributed by atoms with E-state index in [4.69, 9.17) is 0 Å². The van der Waals surface area contributed by atoms with Crippen molar-refractivity contribution in [1.82, 2.24) is 24.9 Å². The van der Waals surface area contributed by atoms with Gasteiger partial charge < -0.3 is 5.32 Å². The maximum Gasteiger partial charge on any atom is 0.239 e. The molecule has 1 N–H and O–H groups in total. The number of carbonyl (C=O) groups is 1. The number of anilines is 1. The van der Waals surface area contributed by atoms with Crippen LogP contribution in [-0.4, -0.2) is 49.9 Å². The molecule has 3 heterocycles. The number of likely N-dealkylation sites (tertiary alicyclic amines) is 1. The van der Waals surface area contributed by atoms with E-state index in [1.165, 1.54) is 0 Å². The lowest BCUT2D eigenvalue weighted by Gasteiger charge is -2.19. The van der Waals surface area contributed by atoms with Crippen LogP contribution in [0.5, 0.6) is 0 Å². The average molecular weight is 350 g/mol. The molecule has 1 aromatic carbocycles. The van der Waals surface area contributed by atoms with E-state index in [0.29, 0.717) is 18.4 Å². The molecule has 1 atom stereocenters. The number of hydrogen-bond donors (Lipinski definition) is 1. The third-order valence-electron chi connectivity index (χ3n) is 4.93. The Bertz CT molecular complexity index is 950. The molecule has 0 aliphatic carbocycles. The predicted octanol–water partition coefficient (Wildman–Crippen LogP) is 2.45. The van der Waals surface area contributed by atoms with Gasteiger partial charge >= 0.3 is 0 Å². The van der Waals surface area contributed by atoms with Crippen LogP contribution in [0.4, 0.5) is 5.82 Å². The molecule has 1 aliphatic heterocycles. The van der Waals surface area contributed by atoms with E-state index in [-0.39, 0.29) is 5.91 Å². The fraction of sp³-hybridized carbons (Fsp3) is 0.368. The van der Waals surface area contributed by atoms with Crippen LogP contribution in [0, 0.1) is 0 Å². The van der Waals surface area contributed by atoms with Gasteiger partial charge in [0.1, 0.15) is 0 Å². The van der Waals surface area contributed by atoms with Crippen molar-refractivity contribution in [1.29, 1.82) is 0 Å². The number of carbonyl (C=O) groups excluding carboxylic acids is 1. The third kappa shape index (κ3) is 3.43. The van der Waals surface area contributed by atoms with Crippen LogP contribution in [0.1, 0.15) is 19.8 Å². The number of hydrogen-bond acceptors (Lipinski definition) is 5. The van der Waals surface area contributed by atoms with Gasteiger partial charge in [-0.05, 0) is 50.1 Å². The lowest BCUT2D eigenvalue weighted by Crippen LogP contribution is -2.35. The molecular formula is C19H22N6O. The molecular weight excluding hydrogens is 328 g/mol. The Morgan fingerprint density at radius 2 is 2.15 bits per heavy atom. The summed E-state index contributed by atoms with van der Waals surface area (Å²) in [6.07, 6.45) is 6.10. The first-order chi connectivity index (χ1) is 12.6. The maximum atomic E-state index is 12.3. The largest absolute Gasteiger partial charge is 0.308 e. The van der Waals surface area contributed by atoms with E-state index in [1.54, 1.807) is 4.68 Å². The van der Waals surface area contributed by atoms with Gasteiger partial charge in [0.15, 0.2) is 5.82 Å². The zero-order valence-electron chi connectivity index (χ0n) is 15.0. The molecule has 134 valence electrons. The second kappa shape index (κ2) is 6.84. The van der Waals surface area contributed by atoms with E-state index < -0.39 is 0 Å². The number of benzene rings is 1. The van der Waals surface area contributed by atoms with E-state index in [1.807, 2.05) is 43.7 Å². The Labute approximate surface area is 152 Å². The van der Waals surface area contributed by atoms with Crippen LogP contribution in [-0.2, 0) is 11.8 Å². The third-order valence-corrected chi connectivity index (χ3v) is 4.93. The zero-order valence-corrected chi connectivity index (χ0v) is 15.0. The highest BCUT2D eigenvalue weighted by Crippen LogP contribution is 2.24. The van der Waals surface area contributed by atoms with Gasteiger partial charge in [0.2, 0.25) is 5.91 Å². The smallest absolute Gasteiger partial charge is 0.239 e. The van der Waals surface area contributed by atoms with Crippen molar-refractivity contribution < 1.29 is 4.79 Å². The Morgan fingerprint density at radius 3 is 2.88 bits per heavy atom. The molecule has 0 bridgehead atoms. The molecule has 2 aromatic heterocycles. The van der Waals surface area contributed by atoms with Crippen molar-refractivity contribution in [2.24, 2.45) is 7.05 Å². The van der Waals surface area contributed by atoms with Gasteiger partial charge in [0.05, 0.1) is 18.3 Å². The number of fused-ring (bicyclic) bond motifs is 1. The van der Waals surface area contributed by atoms with Crippen molar-refractivity contribution in [2.75, 3.05) is 18.4 Å². The molecule has 1 fully saturated rings. The summed E-state index contributed by atoms with van der Waals surface area (Å²) in [5, 5.41) is 16.4. The number of nitrogens with zero attached hydrogens (tertiary/aromatic N) is 5. The van der Waals surface area contributed by atoms with E-state index in [0.717, 1.165) is 41.4 Å². The first-order valence-corrected chi connectivity index (χ1v) is 8.89. The normalized spacial score (nSPS) is 17.7. The van der Waals surface area contributed by atoms with Crippen LogP contribution in [0.2, 0.25) is 0 Å². The van der Waals surface area contributed by atoms with Gasteiger partial charge in [-0.3, -0.25) is 14.4 Å². The molecule has 0 unspecified atom stereocenters. The summed E-state index contributed by atoms with van der Waals surface area (Å²) in [6, 6.07) is 8.31. The van der Waals surface area contributed by atoms with Crippen LogP contribution in [0.25, 0.3) is 22.0 Å². The number of amides is 1. The number of nitrogens with one attached hydrogen (secondary N) is 1. The number of aromatic nitrogens is 4. The lowest BCUT2D eigenvalue weighted by atomic mass is 10.1. The van der Waals surface area contributed by atoms with Crippen LogP contribution >= 0.6 is 0 Å². The maximum absolute atomic E-state index is 12.3. The molecule has 0 saturated carbocycles. The van der Waals surface area contributed by atoms with Crippen molar-refractivity contribution in [3.8, 4) is 11.1 Å². The van der Waals surface area contributed by atoms with E-state index >= 15 is 0 Å². The van der Waals surface area contributed by atoms with Crippen LogP contribution in [0.15, 0.2) is 36.7 Å². The molecule has 1 saturated heterocycles. The lowest BCUT2D eigenvalue weighted by molar-refractivity contribution is -0.117. The van der Waals surface area contributed by atoms with Gasteiger partial charge in [-0.1, -0.05) is 6.07 Å². The van der Waals surface area contributed by atoms with Gasteiger partial charge in [-0.25, -0.2) is 0 Å². The summed E-state index contributed by atoms with van der Waals surface area (Å²) < 4.78 is 1.77. The van der Waals surface area contributed by atoms with Crippen molar-refractivity contribution in [3.05, 3.63) is 36.7 Å². The molecule has 26 heavy (non-hydrogen) atoms. The minimum atomic E-state index is -0.0455. The van der Waals surface area contributed by atoms with E-state index in [9.17, 15) is 4.79 Å². The molecule has 4 rings (SSSR count). The summed E-state index contributed by atoms with van der Waals surface area (Å²) in [7, 11) is 1.89. The number of rotatable bonds is 4. The Morgan fingerprint density at radius 1 is 1.27 bits per heavy atom. The van der Waals surface area contributed by atoms with Gasteiger partial charge in [-0.2, -0.15) is 5.10 Å². The molecule has 7 nitrogen and oxygen atoms in total. The summed E-state index contributed by atoms with van der Waals surface area (Å²) in [5.41, 5.74) is 2.89. The van der Waals surface area contributed by atoms with Gasteiger partial charge in [-0.15, -0.1) is 10.2 Å². The summed E-state index contributed by atoms with van der Waals surface area (Å²) in [4.78, 5) is 14.5. The van der Waals surface area contributed by atoms with Crippen LogP contribution in [0.3, 0.4) is 0 Å². The minimum Gasteiger partial charge on any atom is -0.308 e. The highest BCUT2D eigenvalue weighted by Gasteiger charge is 2.22. The number of aryl methyl sites for hydroxylation is 1. The molecule has 3 aromatic rings. The Hall–Kier alpha value is -2.80. The molecule has 0 radical (unpaired) electrons. The summed E-state index contributed by atoms with van der Waals surface area (Å²) >= 11 is 0. The Kier molecular flexibility index (Phi) is 4.38. The SMILES string of the molecule is C[C@H]1CCCN1CC(=O)Nc1cc2cc(-c3cnn(C)c3)ccc2nn1. The highest BCUT2D eigenvalue weighted by atomic mass is 16.2. The topological polar surface area (TPSA) is 75.9 Å². The van der Waals surface area contributed by atoms with Crippen molar-refractivity contribution in [2.45, 2.75) is 25.8 Å². The second-order valence-corrected chi connectivity index (χ2v) is 6.92. The van der Waals surface area contributed by atoms with Crippen molar-refractivity contribution >= 4 is 22.6 Å². The first kappa shape index (κ1) is 16.7.